The van der Waals surface area contributed by atoms with Crippen LogP contribution in [-0.4, -0.2) is 28.5 Å². The number of carbonyl (C=O) groups excluding carboxylic acids is 1. The van der Waals surface area contributed by atoms with Gasteiger partial charge in [0.15, 0.2) is 0 Å². The average Bonchev–Trinajstić information content (AvgIpc) is 2.87. The smallest absolute Gasteiger partial charge is 0.268 e. The van der Waals surface area contributed by atoms with Crippen LogP contribution >= 0.6 is 11.3 Å². The SMILES string of the molecule is O=C1NCCCC1NCc1nc2ccsc2c(=O)[nH]1. The van der Waals surface area contributed by atoms with Crippen molar-refractivity contribution in [2.24, 2.45) is 0 Å². The highest BCUT2D eigenvalue weighted by Gasteiger charge is 2.21. The van der Waals surface area contributed by atoms with Crippen LogP contribution in [0.2, 0.25) is 0 Å². The van der Waals surface area contributed by atoms with E-state index in [1.807, 2.05) is 11.4 Å². The highest BCUT2D eigenvalue weighted by atomic mass is 32.1. The van der Waals surface area contributed by atoms with Crippen molar-refractivity contribution in [1.82, 2.24) is 20.6 Å². The van der Waals surface area contributed by atoms with Gasteiger partial charge in [0.25, 0.3) is 5.56 Å². The molecule has 1 unspecified atom stereocenters. The first-order valence-corrected chi connectivity index (χ1v) is 7.09. The van der Waals surface area contributed by atoms with Crippen LogP contribution in [-0.2, 0) is 11.3 Å². The Morgan fingerprint density at radius 2 is 2.37 bits per heavy atom. The summed E-state index contributed by atoms with van der Waals surface area (Å²) in [6.07, 6.45) is 1.79. The zero-order valence-corrected chi connectivity index (χ0v) is 11.0. The summed E-state index contributed by atoms with van der Waals surface area (Å²) >= 11 is 1.38. The minimum atomic E-state index is -0.197. The van der Waals surface area contributed by atoms with E-state index in [0.717, 1.165) is 19.4 Å². The Bertz CT molecular complexity index is 663. The number of rotatable bonds is 3. The first-order chi connectivity index (χ1) is 9.24. The average molecular weight is 278 g/mol. The highest BCUT2D eigenvalue weighted by molar-refractivity contribution is 7.17. The Balaban J connectivity index is 1.74. The molecule has 0 aromatic carbocycles. The summed E-state index contributed by atoms with van der Waals surface area (Å²) in [5.41, 5.74) is 0.587. The molecule has 1 atom stereocenters. The van der Waals surface area contributed by atoms with Gasteiger partial charge >= 0.3 is 0 Å². The van der Waals surface area contributed by atoms with Gasteiger partial charge in [0.05, 0.1) is 18.1 Å². The minimum Gasteiger partial charge on any atom is -0.355 e. The lowest BCUT2D eigenvalue weighted by Crippen LogP contribution is -2.48. The van der Waals surface area contributed by atoms with Crippen molar-refractivity contribution in [3.05, 3.63) is 27.6 Å². The van der Waals surface area contributed by atoms with Gasteiger partial charge < -0.3 is 10.3 Å². The molecule has 7 heteroatoms. The fourth-order valence-corrected chi connectivity index (χ4v) is 2.92. The summed E-state index contributed by atoms with van der Waals surface area (Å²) in [7, 11) is 0. The molecule has 2 aromatic rings. The van der Waals surface area contributed by atoms with Gasteiger partial charge in [-0.2, -0.15) is 0 Å². The molecule has 2 aromatic heterocycles. The van der Waals surface area contributed by atoms with Gasteiger partial charge in [-0.05, 0) is 24.3 Å². The van der Waals surface area contributed by atoms with Crippen LogP contribution < -0.4 is 16.2 Å². The number of piperidine rings is 1. The van der Waals surface area contributed by atoms with E-state index in [-0.39, 0.29) is 17.5 Å². The molecule has 1 aliphatic rings. The maximum atomic E-state index is 11.8. The lowest BCUT2D eigenvalue weighted by Gasteiger charge is -2.22. The molecule has 1 amide bonds. The molecular weight excluding hydrogens is 264 g/mol. The van der Waals surface area contributed by atoms with Crippen molar-refractivity contribution in [1.29, 1.82) is 0 Å². The molecule has 19 heavy (non-hydrogen) atoms. The molecule has 0 aliphatic carbocycles. The second-order valence-electron chi connectivity index (χ2n) is 4.51. The third-order valence-corrected chi connectivity index (χ3v) is 4.07. The molecule has 3 rings (SSSR count). The molecule has 1 aliphatic heterocycles. The van der Waals surface area contributed by atoms with Crippen LogP contribution in [0, 0.1) is 0 Å². The summed E-state index contributed by atoms with van der Waals surface area (Å²) in [6.45, 7) is 1.13. The van der Waals surface area contributed by atoms with Crippen molar-refractivity contribution in [2.45, 2.75) is 25.4 Å². The fourth-order valence-electron chi connectivity index (χ4n) is 2.19. The Hall–Kier alpha value is -1.73. The molecule has 0 saturated carbocycles. The molecule has 1 fully saturated rings. The molecule has 0 bridgehead atoms. The Morgan fingerprint density at radius 1 is 1.47 bits per heavy atom. The summed E-state index contributed by atoms with van der Waals surface area (Å²) in [5.74, 6) is 0.583. The maximum Gasteiger partial charge on any atom is 0.268 e. The van der Waals surface area contributed by atoms with Crippen molar-refractivity contribution in [2.75, 3.05) is 6.54 Å². The van der Waals surface area contributed by atoms with Gasteiger partial charge in [-0.15, -0.1) is 11.3 Å². The topological polar surface area (TPSA) is 86.9 Å². The number of aromatic nitrogens is 2. The first-order valence-electron chi connectivity index (χ1n) is 6.21. The van der Waals surface area contributed by atoms with E-state index in [1.54, 1.807) is 0 Å². The molecule has 3 heterocycles. The molecular formula is C12H14N4O2S. The third kappa shape index (κ3) is 2.52. The Labute approximate surface area is 113 Å². The molecule has 0 radical (unpaired) electrons. The number of amides is 1. The molecule has 1 saturated heterocycles. The number of hydrogen-bond donors (Lipinski definition) is 3. The van der Waals surface area contributed by atoms with Crippen LogP contribution in [0.3, 0.4) is 0 Å². The summed E-state index contributed by atoms with van der Waals surface area (Å²) < 4.78 is 0.638. The summed E-state index contributed by atoms with van der Waals surface area (Å²) in [4.78, 5) is 30.5. The van der Waals surface area contributed by atoms with Crippen LogP contribution in [0.4, 0.5) is 0 Å². The van der Waals surface area contributed by atoms with Crippen molar-refractivity contribution in [3.8, 4) is 0 Å². The number of aromatic amines is 1. The van der Waals surface area contributed by atoms with Crippen LogP contribution in [0.1, 0.15) is 18.7 Å². The van der Waals surface area contributed by atoms with E-state index in [2.05, 4.69) is 20.6 Å². The molecule has 100 valence electrons. The standard InChI is InChI=1S/C12H14N4O2S/c17-11-8(2-1-4-13-11)14-6-9-15-7-3-5-19-10(7)12(18)16-9/h3,5,8,14H,1-2,4,6H2,(H,13,17)(H,15,16,18). The monoisotopic (exact) mass is 278 g/mol. The normalized spacial score (nSPS) is 19.6. The van der Waals surface area contributed by atoms with Gasteiger partial charge in [-0.3, -0.25) is 14.9 Å². The fraction of sp³-hybridized carbons (Fsp3) is 0.417. The van der Waals surface area contributed by atoms with E-state index in [9.17, 15) is 9.59 Å². The highest BCUT2D eigenvalue weighted by Crippen LogP contribution is 2.13. The lowest BCUT2D eigenvalue weighted by molar-refractivity contribution is -0.124. The number of carbonyl (C=O) groups is 1. The van der Waals surface area contributed by atoms with E-state index in [1.165, 1.54) is 11.3 Å². The zero-order chi connectivity index (χ0) is 13.2. The number of nitrogens with one attached hydrogen (secondary N) is 3. The largest absolute Gasteiger partial charge is 0.355 e. The first kappa shape index (κ1) is 12.3. The predicted octanol–water partition coefficient (Wildman–Crippen LogP) is 0.353. The zero-order valence-electron chi connectivity index (χ0n) is 10.2. The van der Waals surface area contributed by atoms with Crippen LogP contribution in [0.5, 0.6) is 0 Å². The molecule has 6 nitrogen and oxygen atoms in total. The Kier molecular flexibility index (Phi) is 3.31. The summed E-state index contributed by atoms with van der Waals surface area (Å²) in [5, 5.41) is 7.79. The van der Waals surface area contributed by atoms with E-state index < -0.39 is 0 Å². The second kappa shape index (κ2) is 5.10. The van der Waals surface area contributed by atoms with Gasteiger partial charge in [-0.1, -0.05) is 0 Å². The number of fused-ring (bicyclic) bond motifs is 1. The Morgan fingerprint density at radius 3 is 3.21 bits per heavy atom. The van der Waals surface area contributed by atoms with Crippen molar-refractivity contribution in [3.63, 3.8) is 0 Å². The number of H-pyrrole nitrogens is 1. The maximum absolute atomic E-state index is 11.8. The number of thiophene rings is 1. The second-order valence-corrected chi connectivity index (χ2v) is 5.43. The van der Waals surface area contributed by atoms with Gasteiger partial charge in [0.1, 0.15) is 10.5 Å². The van der Waals surface area contributed by atoms with E-state index >= 15 is 0 Å². The van der Waals surface area contributed by atoms with Gasteiger partial charge in [-0.25, -0.2) is 4.98 Å². The number of hydrogen-bond acceptors (Lipinski definition) is 5. The van der Waals surface area contributed by atoms with Gasteiger partial charge in [0, 0.05) is 6.54 Å². The number of nitrogens with zero attached hydrogens (tertiary/aromatic N) is 1. The molecule has 3 N–H and O–H groups in total. The summed E-state index contributed by atoms with van der Waals surface area (Å²) in [6, 6.07) is 1.63. The van der Waals surface area contributed by atoms with Crippen LogP contribution in [0.25, 0.3) is 10.2 Å². The molecule has 0 spiro atoms. The quantitative estimate of drug-likeness (QED) is 0.756. The van der Waals surface area contributed by atoms with Crippen molar-refractivity contribution < 1.29 is 4.79 Å². The van der Waals surface area contributed by atoms with Gasteiger partial charge in [0.2, 0.25) is 5.91 Å². The lowest BCUT2D eigenvalue weighted by atomic mass is 10.1. The predicted molar refractivity (Wildman–Crippen MR) is 73.1 cm³/mol. The van der Waals surface area contributed by atoms with Crippen molar-refractivity contribution >= 4 is 27.5 Å². The van der Waals surface area contributed by atoms with E-state index in [4.69, 9.17) is 0 Å². The minimum absolute atomic E-state index is 0.0187. The van der Waals surface area contributed by atoms with E-state index in [0.29, 0.717) is 22.6 Å². The third-order valence-electron chi connectivity index (χ3n) is 3.17. The van der Waals surface area contributed by atoms with Crippen LogP contribution in [0.15, 0.2) is 16.2 Å².